The number of anilines is 1. The number of aliphatic carboxylic acids is 2. The van der Waals surface area contributed by atoms with Crippen LogP contribution in [0.25, 0.3) is 16.8 Å². The van der Waals surface area contributed by atoms with Gasteiger partial charge in [0.05, 0.1) is 16.7 Å². The smallest absolute Gasteiger partial charge is 0.352 e. The Morgan fingerprint density at radius 3 is 2.53 bits per heavy atom. The van der Waals surface area contributed by atoms with Gasteiger partial charge in [-0.2, -0.15) is 4.57 Å². The number of ketones is 1. The number of pyridine rings is 1. The average Bonchev–Trinajstić information content (AvgIpc) is 3.53. The minimum absolute atomic E-state index is 0.0732. The number of allylic oxidation sites excluding steroid dienone is 1. The molecule has 4 aromatic rings. The fraction of sp³-hybridized carbons (Fsp3) is 0.229. The van der Waals surface area contributed by atoms with Crippen molar-refractivity contribution in [1.29, 1.82) is 0 Å². The topological polar surface area (TPSA) is 217 Å². The molecule has 0 saturated carbocycles. The van der Waals surface area contributed by atoms with E-state index in [1.54, 1.807) is 24.4 Å². The van der Waals surface area contributed by atoms with Gasteiger partial charge in [0.1, 0.15) is 11.4 Å². The largest absolute Gasteiger partial charge is 0.504 e. The molecule has 0 spiro atoms. The van der Waals surface area contributed by atoms with Crippen LogP contribution in [0, 0.1) is 5.92 Å². The van der Waals surface area contributed by atoms with Crippen LogP contribution in [0.5, 0.6) is 11.5 Å². The number of carbonyl (C=O) groups excluding carboxylic acids is 2. The number of nitrogen functional groups attached to an aromatic ring is 1. The number of benzene rings is 2. The Morgan fingerprint density at radius 2 is 1.86 bits per heavy atom. The lowest BCUT2D eigenvalue weighted by atomic mass is 9.89. The summed E-state index contributed by atoms with van der Waals surface area (Å²) in [5, 5.41) is 45.7. The van der Waals surface area contributed by atoms with Gasteiger partial charge in [-0.05, 0) is 42.5 Å². The van der Waals surface area contributed by atoms with Crippen LogP contribution in [0.2, 0.25) is 0 Å². The number of phenols is 2. The summed E-state index contributed by atoms with van der Waals surface area (Å²) in [7, 11) is 0. The zero-order valence-electron chi connectivity index (χ0n) is 27.2. The number of Topliss-reactive ketones (excluding diaryl/α,β-unsaturated/α-hetero) is 1. The first kappa shape index (κ1) is 35.1. The van der Waals surface area contributed by atoms with E-state index in [4.69, 9.17) is 10.6 Å². The number of hydrogen-bond acceptors (Lipinski definition) is 12. The third-order valence-corrected chi connectivity index (χ3v) is 10.4. The molecular weight excluding hydrogens is 699 g/mol. The highest BCUT2D eigenvalue weighted by atomic mass is 32.2. The van der Waals surface area contributed by atoms with Gasteiger partial charge in [-0.1, -0.05) is 41.6 Å². The maximum absolute atomic E-state index is 13.4. The summed E-state index contributed by atoms with van der Waals surface area (Å²) in [6.45, 7) is 3.02. The van der Waals surface area contributed by atoms with E-state index in [2.05, 4.69) is 10.1 Å². The molecule has 2 atom stereocenters. The molecule has 0 unspecified atom stereocenters. The number of nitrogens with two attached hydrogens (primary N) is 1. The second-order valence-electron chi connectivity index (χ2n) is 12.4. The van der Waals surface area contributed by atoms with Crippen LogP contribution in [0.1, 0.15) is 37.1 Å². The zero-order chi connectivity index (χ0) is 36.6. The second-order valence-corrected chi connectivity index (χ2v) is 14.4. The predicted octanol–water partition coefficient (Wildman–Crippen LogP) is 3.75. The van der Waals surface area contributed by atoms with E-state index in [9.17, 15) is 39.6 Å². The lowest BCUT2D eigenvalue weighted by molar-refractivity contribution is -0.687. The van der Waals surface area contributed by atoms with E-state index in [1.807, 2.05) is 41.1 Å². The lowest BCUT2D eigenvalue weighted by Crippen LogP contribution is -2.62. The van der Waals surface area contributed by atoms with Crippen molar-refractivity contribution in [3.63, 3.8) is 0 Å². The number of aromatic hydroxyl groups is 2. The first-order chi connectivity index (χ1) is 24.2. The number of amides is 1. The van der Waals surface area contributed by atoms with Gasteiger partial charge in [0.15, 0.2) is 47.1 Å². The zero-order valence-corrected chi connectivity index (χ0v) is 28.9. The fourth-order valence-corrected chi connectivity index (χ4v) is 7.49. The molecule has 2 aliphatic heterocycles. The Morgan fingerprint density at radius 1 is 1.12 bits per heavy atom. The summed E-state index contributed by atoms with van der Waals surface area (Å²) in [6.07, 6.45) is 6.73. The van der Waals surface area contributed by atoms with E-state index in [-0.39, 0.29) is 45.9 Å². The third kappa shape index (κ3) is 7.13. The van der Waals surface area contributed by atoms with E-state index >= 15 is 0 Å². The van der Waals surface area contributed by atoms with Crippen molar-refractivity contribution < 1.29 is 49.0 Å². The van der Waals surface area contributed by atoms with Crippen molar-refractivity contribution in [1.82, 2.24) is 9.88 Å². The molecule has 1 saturated heterocycles. The Kier molecular flexibility index (Phi) is 9.55. The van der Waals surface area contributed by atoms with Crippen LogP contribution >= 0.6 is 23.1 Å². The van der Waals surface area contributed by atoms with Crippen molar-refractivity contribution in [2.45, 2.75) is 37.8 Å². The summed E-state index contributed by atoms with van der Waals surface area (Å²) in [5.41, 5.74) is 5.81. The van der Waals surface area contributed by atoms with Crippen LogP contribution in [0.15, 0.2) is 82.7 Å². The Bertz CT molecular complexity index is 2180. The van der Waals surface area contributed by atoms with E-state index < -0.39 is 40.5 Å². The average molecular weight is 731 g/mol. The molecule has 14 nitrogen and oxygen atoms in total. The number of nitrogens with zero attached hydrogens (tertiary/aromatic N) is 4. The minimum atomic E-state index is -1.75. The predicted molar refractivity (Wildman–Crippen MR) is 189 cm³/mol. The standard InChI is InChI=1S/C35H31N5O9S2/c1-35(2,33(47)48)49-38-27(24-17-51-34(36)37-24)26(42)13-22-30(44)40-28(32(45)46)21(16-50-31(22)40)8-7-18-3-5-19(6-4-18)14-39-12-11-20-9-10-25(41)29(43)23(20)15-39/h3-12,15,17,22,31H,13-14,16H2,1-2H3,(H5,36,37,41,45,46,47,48)/p+1/b8-7?,38-27-/t22-,31-/m1/s1. The van der Waals surface area contributed by atoms with Crippen molar-refractivity contribution in [2.24, 2.45) is 11.1 Å². The highest BCUT2D eigenvalue weighted by Gasteiger charge is 2.54. The number of fused-ring (bicyclic) bond motifs is 2. The van der Waals surface area contributed by atoms with Gasteiger partial charge in [0, 0.05) is 29.2 Å². The number of rotatable bonds is 12. The number of carboxylic acid groups (broad SMARTS) is 2. The van der Waals surface area contributed by atoms with Gasteiger partial charge >= 0.3 is 11.9 Å². The number of hydrogen-bond donors (Lipinski definition) is 5. The van der Waals surface area contributed by atoms with E-state index in [0.29, 0.717) is 17.5 Å². The van der Waals surface area contributed by atoms with Crippen molar-refractivity contribution in [3.05, 3.63) is 94.4 Å². The van der Waals surface area contributed by atoms with E-state index in [1.165, 1.54) is 42.0 Å². The summed E-state index contributed by atoms with van der Waals surface area (Å²) in [5.74, 6) is -4.70. The molecule has 2 aromatic carbocycles. The molecule has 2 aliphatic rings. The number of oxime groups is 1. The number of phenolic OH excluding ortho intramolecular Hbond substituents is 2. The van der Waals surface area contributed by atoms with E-state index in [0.717, 1.165) is 27.8 Å². The molecule has 6 rings (SSSR count). The summed E-state index contributed by atoms with van der Waals surface area (Å²) in [6, 6.07) is 12.6. The second kappa shape index (κ2) is 13.9. The van der Waals surface area contributed by atoms with Gasteiger partial charge in [0.25, 0.3) is 0 Å². The highest BCUT2D eigenvalue weighted by Crippen LogP contribution is 2.45. The third-order valence-electron chi connectivity index (χ3n) is 8.42. The quantitative estimate of drug-likeness (QED) is 0.0463. The number of carboxylic acids is 2. The number of aromatic nitrogens is 2. The first-order valence-electron chi connectivity index (χ1n) is 15.5. The van der Waals surface area contributed by atoms with Crippen LogP contribution < -0.4 is 10.3 Å². The van der Waals surface area contributed by atoms with Gasteiger partial charge in [-0.3, -0.25) is 14.5 Å². The Labute approximate surface area is 298 Å². The van der Waals surface area contributed by atoms with Crippen molar-refractivity contribution in [2.75, 3.05) is 11.5 Å². The van der Waals surface area contributed by atoms with Gasteiger partial charge in [0.2, 0.25) is 11.5 Å². The summed E-state index contributed by atoms with van der Waals surface area (Å²) < 4.78 is 1.88. The molecule has 0 aliphatic carbocycles. The van der Waals surface area contributed by atoms with Crippen LogP contribution in [0.4, 0.5) is 5.13 Å². The minimum Gasteiger partial charge on any atom is -0.504 e. The Hall–Kier alpha value is -5.74. The van der Waals surface area contributed by atoms with Crippen molar-refractivity contribution >= 4 is 74.4 Å². The molecule has 0 radical (unpaired) electrons. The molecule has 2 aromatic heterocycles. The molecule has 6 N–H and O–H groups in total. The van der Waals surface area contributed by atoms with Crippen molar-refractivity contribution in [3.8, 4) is 11.5 Å². The normalized spacial score (nSPS) is 17.8. The van der Waals surface area contributed by atoms with Gasteiger partial charge in [-0.15, -0.1) is 23.1 Å². The molecular formula is C35H32N5O9S2+. The Balaban J connectivity index is 1.15. The molecule has 262 valence electrons. The maximum Gasteiger partial charge on any atom is 0.352 e. The first-order valence-corrected chi connectivity index (χ1v) is 17.4. The summed E-state index contributed by atoms with van der Waals surface area (Å²) in [4.78, 5) is 61.1. The van der Waals surface area contributed by atoms with Gasteiger partial charge in [-0.25, -0.2) is 14.6 Å². The number of thioether (sulfide) groups is 1. The number of thiazole rings is 1. The fourth-order valence-electron chi connectivity index (χ4n) is 5.56. The molecule has 16 heteroatoms. The monoisotopic (exact) mass is 730 g/mol. The van der Waals surface area contributed by atoms with Crippen LogP contribution in [-0.4, -0.2) is 76.4 Å². The molecule has 51 heavy (non-hydrogen) atoms. The summed E-state index contributed by atoms with van der Waals surface area (Å²) >= 11 is 2.38. The van der Waals surface area contributed by atoms with Gasteiger partial charge < -0.3 is 31.0 Å². The molecule has 4 heterocycles. The maximum atomic E-state index is 13.4. The number of carbonyl (C=O) groups is 4. The number of β-lactam (4-membered cyclic amide) rings is 1. The highest BCUT2D eigenvalue weighted by molar-refractivity contribution is 8.00. The SMILES string of the molecule is CC(C)(O/N=C(\C(=O)C[C@@H]1C(=O)N2C(C(=O)O)=C(C=Cc3ccc(C[n+]4ccc5ccc(O)c(O)c5c4)cc3)CS[C@H]12)c1csc(N)n1)C(=O)O. The molecule has 1 amide bonds. The van der Waals surface area contributed by atoms with Crippen LogP contribution in [-0.2, 0) is 30.6 Å². The molecule has 0 bridgehead atoms. The van der Waals surface area contributed by atoms with Crippen LogP contribution in [0.3, 0.4) is 0 Å². The molecule has 1 fully saturated rings. The lowest BCUT2D eigenvalue weighted by Gasteiger charge is -2.49.